The number of carbonyl (C=O) groups is 2. The van der Waals surface area contributed by atoms with E-state index < -0.39 is 12.2 Å². The molecular formula is C16H14Cl2N2O4. The van der Waals surface area contributed by atoms with E-state index in [4.69, 9.17) is 27.9 Å². The highest BCUT2D eigenvalue weighted by Crippen LogP contribution is 2.25. The highest BCUT2D eigenvalue weighted by molar-refractivity contribution is 6.35. The second kappa shape index (κ2) is 8.42. The zero-order valence-electron chi connectivity index (χ0n) is 12.6. The summed E-state index contributed by atoms with van der Waals surface area (Å²) in [5.74, 6) is 0.303. The molecule has 6 nitrogen and oxygen atoms in total. The fourth-order valence-corrected chi connectivity index (χ4v) is 2.06. The maximum atomic E-state index is 12.0. The summed E-state index contributed by atoms with van der Waals surface area (Å²) < 4.78 is 9.58. The monoisotopic (exact) mass is 368 g/mol. The molecule has 0 unspecified atom stereocenters. The van der Waals surface area contributed by atoms with Gasteiger partial charge in [0.2, 0.25) is 0 Å². The van der Waals surface area contributed by atoms with Gasteiger partial charge in [0.15, 0.2) is 0 Å². The van der Waals surface area contributed by atoms with Crippen molar-refractivity contribution in [3.8, 4) is 5.75 Å². The summed E-state index contributed by atoms with van der Waals surface area (Å²) in [6, 6.07) is 10.5. The smallest absolute Gasteiger partial charge is 0.434 e. The van der Waals surface area contributed by atoms with E-state index in [0.29, 0.717) is 27.2 Å². The van der Waals surface area contributed by atoms with Crippen LogP contribution < -0.4 is 15.4 Å². The van der Waals surface area contributed by atoms with Crippen molar-refractivity contribution < 1.29 is 19.1 Å². The molecular weight excluding hydrogens is 355 g/mol. The van der Waals surface area contributed by atoms with Crippen molar-refractivity contribution in [1.29, 1.82) is 0 Å². The van der Waals surface area contributed by atoms with Gasteiger partial charge in [-0.2, -0.15) is 0 Å². The number of nitrogens with one attached hydrogen (secondary N) is 2. The fourth-order valence-electron chi connectivity index (χ4n) is 1.73. The molecule has 0 aliphatic carbocycles. The van der Waals surface area contributed by atoms with Crippen molar-refractivity contribution in [2.24, 2.45) is 0 Å². The molecule has 126 valence electrons. The molecule has 0 saturated heterocycles. The average Bonchev–Trinajstić information content (AvgIpc) is 2.53. The number of rotatable bonds is 4. The highest BCUT2D eigenvalue weighted by atomic mass is 35.5. The van der Waals surface area contributed by atoms with Crippen LogP contribution in [-0.4, -0.2) is 18.8 Å². The molecule has 8 heteroatoms. The minimum atomic E-state index is -0.786. The van der Waals surface area contributed by atoms with Gasteiger partial charge in [0.25, 0.3) is 0 Å². The van der Waals surface area contributed by atoms with Crippen molar-refractivity contribution >= 4 is 46.8 Å². The third-order valence-electron chi connectivity index (χ3n) is 2.75. The second-order valence-electron chi connectivity index (χ2n) is 4.51. The lowest BCUT2D eigenvalue weighted by molar-refractivity contribution is 0.104. The normalized spacial score (nSPS) is 9.96. The number of urea groups is 1. The molecule has 2 aromatic rings. The van der Waals surface area contributed by atoms with Crippen LogP contribution in [0.25, 0.3) is 0 Å². The molecule has 0 heterocycles. The first-order valence-corrected chi connectivity index (χ1v) is 7.71. The van der Waals surface area contributed by atoms with Gasteiger partial charge in [0.1, 0.15) is 5.75 Å². The SMILES string of the molecule is CCOC(=O)Oc1ccc(NC(=O)Nc2cc(Cl)ccc2Cl)cc1. The molecule has 0 saturated carbocycles. The van der Waals surface area contributed by atoms with E-state index in [1.807, 2.05) is 0 Å². The van der Waals surface area contributed by atoms with Gasteiger partial charge >= 0.3 is 12.2 Å². The van der Waals surface area contributed by atoms with Crippen molar-refractivity contribution in [2.75, 3.05) is 17.2 Å². The van der Waals surface area contributed by atoms with Crippen molar-refractivity contribution in [3.05, 3.63) is 52.5 Å². The standard InChI is InChI=1S/C16H14Cl2N2O4/c1-2-23-16(22)24-12-6-4-11(5-7-12)19-15(21)20-14-9-10(17)3-8-13(14)18/h3-9H,2H2,1H3,(H2,19,20,21). The molecule has 0 aliphatic heterocycles. The van der Waals surface area contributed by atoms with Crippen LogP contribution in [0.3, 0.4) is 0 Å². The lowest BCUT2D eigenvalue weighted by Crippen LogP contribution is -2.19. The molecule has 0 spiro atoms. The van der Waals surface area contributed by atoms with Gasteiger partial charge in [0.05, 0.1) is 17.3 Å². The zero-order chi connectivity index (χ0) is 17.5. The maximum absolute atomic E-state index is 12.0. The van der Waals surface area contributed by atoms with Gasteiger partial charge in [-0.1, -0.05) is 23.2 Å². The van der Waals surface area contributed by atoms with E-state index in [1.54, 1.807) is 37.3 Å². The number of benzene rings is 2. The molecule has 2 N–H and O–H groups in total. The molecule has 0 bridgehead atoms. The van der Waals surface area contributed by atoms with Crippen molar-refractivity contribution in [1.82, 2.24) is 0 Å². The molecule has 0 radical (unpaired) electrons. The quantitative estimate of drug-likeness (QED) is 0.576. The van der Waals surface area contributed by atoms with Crippen molar-refractivity contribution in [2.45, 2.75) is 6.92 Å². The third kappa shape index (κ3) is 5.33. The van der Waals surface area contributed by atoms with E-state index in [2.05, 4.69) is 15.4 Å². The van der Waals surface area contributed by atoms with E-state index in [0.717, 1.165) is 0 Å². The Morgan fingerprint density at radius 3 is 2.42 bits per heavy atom. The Bertz CT molecular complexity index is 735. The molecule has 0 aliphatic rings. The molecule has 2 aromatic carbocycles. The summed E-state index contributed by atoms with van der Waals surface area (Å²) in [7, 11) is 0. The Morgan fingerprint density at radius 1 is 1.04 bits per heavy atom. The van der Waals surface area contributed by atoms with E-state index in [-0.39, 0.29) is 6.61 Å². The first-order valence-electron chi connectivity index (χ1n) is 6.95. The minimum Gasteiger partial charge on any atom is -0.434 e. The fraction of sp³-hybridized carbons (Fsp3) is 0.125. The Labute approximate surface area is 148 Å². The first kappa shape index (κ1) is 17.9. The largest absolute Gasteiger partial charge is 0.513 e. The summed E-state index contributed by atoms with van der Waals surface area (Å²) in [5.41, 5.74) is 0.894. The van der Waals surface area contributed by atoms with Gasteiger partial charge < -0.3 is 20.1 Å². The van der Waals surface area contributed by atoms with Gasteiger partial charge in [-0.05, 0) is 49.4 Å². The Hall–Kier alpha value is -2.44. The van der Waals surface area contributed by atoms with Gasteiger partial charge in [-0.3, -0.25) is 0 Å². The lowest BCUT2D eigenvalue weighted by Gasteiger charge is -2.10. The van der Waals surface area contributed by atoms with Gasteiger partial charge in [-0.15, -0.1) is 0 Å². The van der Waals surface area contributed by atoms with Crippen LogP contribution in [0.15, 0.2) is 42.5 Å². The van der Waals surface area contributed by atoms with Crippen LogP contribution in [-0.2, 0) is 4.74 Å². The number of carbonyl (C=O) groups excluding carboxylic acids is 2. The van der Waals surface area contributed by atoms with Gasteiger partial charge in [-0.25, -0.2) is 9.59 Å². The molecule has 0 atom stereocenters. The van der Waals surface area contributed by atoms with Crippen LogP contribution in [0, 0.1) is 0 Å². The number of ether oxygens (including phenoxy) is 2. The summed E-state index contributed by atoms with van der Waals surface area (Å²) in [4.78, 5) is 23.2. The van der Waals surface area contributed by atoms with Crippen LogP contribution >= 0.6 is 23.2 Å². The van der Waals surface area contributed by atoms with E-state index in [9.17, 15) is 9.59 Å². The topological polar surface area (TPSA) is 76.7 Å². The first-order chi connectivity index (χ1) is 11.5. The summed E-state index contributed by atoms with van der Waals surface area (Å²) in [5, 5.41) is 6.03. The molecule has 2 amide bonds. The number of halogens is 2. The third-order valence-corrected chi connectivity index (χ3v) is 3.32. The summed E-state index contributed by atoms with van der Waals surface area (Å²) >= 11 is 11.8. The summed E-state index contributed by atoms with van der Waals surface area (Å²) in [6.07, 6.45) is -0.786. The van der Waals surface area contributed by atoms with E-state index in [1.165, 1.54) is 12.1 Å². The molecule has 0 fully saturated rings. The molecule has 0 aromatic heterocycles. The Balaban J connectivity index is 1.94. The van der Waals surface area contributed by atoms with Crippen LogP contribution in [0.2, 0.25) is 10.0 Å². The van der Waals surface area contributed by atoms with Crippen LogP contribution in [0.1, 0.15) is 6.92 Å². The number of hydrogen-bond acceptors (Lipinski definition) is 4. The van der Waals surface area contributed by atoms with Crippen molar-refractivity contribution in [3.63, 3.8) is 0 Å². The zero-order valence-corrected chi connectivity index (χ0v) is 14.1. The number of amides is 2. The number of anilines is 2. The second-order valence-corrected chi connectivity index (χ2v) is 5.36. The van der Waals surface area contributed by atoms with Gasteiger partial charge in [0, 0.05) is 10.7 Å². The van der Waals surface area contributed by atoms with Crippen LogP contribution in [0.4, 0.5) is 21.0 Å². The van der Waals surface area contributed by atoms with Crippen LogP contribution in [0.5, 0.6) is 5.75 Å². The molecule has 24 heavy (non-hydrogen) atoms. The predicted molar refractivity (Wildman–Crippen MR) is 93.2 cm³/mol. The Morgan fingerprint density at radius 2 is 1.75 bits per heavy atom. The maximum Gasteiger partial charge on any atom is 0.513 e. The molecule has 2 rings (SSSR count). The highest BCUT2D eigenvalue weighted by Gasteiger charge is 2.08. The van der Waals surface area contributed by atoms with E-state index >= 15 is 0 Å². The Kier molecular flexibility index (Phi) is 6.28. The average molecular weight is 369 g/mol. The minimum absolute atomic E-state index is 0.227. The predicted octanol–water partition coefficient (Wildman–Crippen LogP) is 5.17. The lowest BCUT2D eigenvalue weighted by atomic mass is 10.3. The summed E-state index contributed by atoms with van der Waals surface area (Å²) in [6.45, 7) is 1.91. The number of hydrogen-bond donors (Lipinski definition) is 2.